The minimum atomic E-state index is -3.86. The van der Waals surface area contributed by atoms with Gasteiger partial charge < -0.3 is 5.32 Å². The first kappa shape index (κ1) is 19.7. The van der Waals surface area contributed by atoms with Crippen molar-refractivity contribution >= 4 is 21.6 Å². The van der Waals surface area contributed by atoms with Crippen LogP contribution in [-0.2, 0) is 21.2 Å². The number of pyridine rings is 1. The van der Waals surface area contributed by atoms with Crippen molar-refractivity contribution in [3.63, 3.8) is 0 Å². The van der Waals surface area contributed by atoms with Crippen LogP contribution in [0.3, 0.4) is 0 Å². The number of nitrogens with one attached hydrogen (secondary N) is 2. The summed E-state index contributed by atoms with van der Waals surface area (Å²) >= 11 is 0. The molecule has 1 unspecified atom stereocenters. The molecule has 0 spiro atoms. The Morgan fingerprint density at radius 2 is 1.71 bits per heavy atom. The Kier molecular flexibility index (Phi) is 6.18. The molecule has 2 N–H and O–H groups in total. The summed E-state index contributed by atoms with van der Waals surface area (Å²) in [5, 5.41) is 2.72. The standard InChI is InChI=1S/C21H21N3O3S/c1-16-9-11-19(12-10-16)28(26,27)24-20(14-17-6-3-2-4-7-17)21(25)23-18-8-5-13-22-15-18/h2-13,15,20,24H,14H2,1H3,(H,23,25). The van der Waals surface area contributed by atoms with E-state index in [4.69, 9.17) is 0 Å². The molecule has 0 aliphatic carbocycles. The Labute approximate surface area is 164 Å². The van der Waals surface area contributed by atoms with E-state index in [-0.39, 0.29) is 11.3 Å². The normalized spacial score (nSPS) is 12.3. The van der Waals surface area contributed by atoms with Crippen molar-refractivity contribution in [1.29, 1.82) is 0 Å². The van der Waals surface area contributed by atoms with Crippen molar-refractivity contribution in [3.8, 4) is 0 Å². The Morgan fingerprint density at radius 3 is 2.36 bits per heavy atom. The molecule has 0 aliphatic heterocycles. The third-order valence-electron chi connectivity index (χ3n) is 4.16. The summed E-state index contributed by atoms with van der Waals surface area (Å²) in [6, 6.07) is 18.2. The molecule has 6 nitrogen and oxygen atoms in total. The van der Waals surface area contributed by atoms with Crippen LogP contribution in [-0.4, -0.2) is 25.4 Å². The molecule has 0 bridgehead atoms. The van der Waals surface area contributed by atoms with Crippen molar-refractivity contribution in [2.75, 3.05) is 5.32 Å². The second kappa shape index (κ2) is 8.77. The molecule has 0 saturated carbocycles. The van der Waals surface area contributed by atoms with E-state index in [2.05, 4.69) is 15.0 Å². The molecule has 1 amide bonds. The average Bonchev–Trinajstić information content (AvgIpc) is 2.69. The van der Waals surface area contributed by atoms with E-state index in [1.165, 1.54) is 18.3 Å². The number of aromatic nitrogens is 1. The van der Waals surface area contributed by atoms with Gasteiger partial charge in [0.15, 0.2) is 0 Å². The molecule has 0 radical (unpaired) electrons. The number of rotatable bonds is 7. The van der Waals surface area contributed by atoms with E-state index in [9.17, 15) is 13.2 Å². The lowest BCUT2D eigenvalue weighted by atomic mass is 10.1. The second-order valence-electron chi connectivity index (χ2n) is 6.41. The molecule has 1 atom stereocenters. The maximum Gasteiger partial charge on any atom is 0.242 e. The van der Waals surface area contributed by atoms with Gasteiger partial charge in [-0.15, -0.1) is 0 Å². The lowest BCUT2D eigenvalue weighted by Crippen LogP contribution is -2.45. The smallest absolute Gasteiger partial charge is 0.242 e. The summed E-state index contributed by atoms with van der Waals surface area (Å²) in [6.07, 6.45) is 3.32. The van der Waals surface area contributed by atoms with Crippen LogP contribution in [0.25, 0.3) is 0 Å². The van der Waals surface area contributed by atoms with E-state index in [0.29, 0.717) is 5.69 Å². The highest BCUT2D eigenvalue weighted by Gasteiger charge is 2.26. The summed E-state index contributed by atoms with van der Waals surface area (Å²) in [4.78, 5) is 16.9. The third kappa shape index (κ3) is 5.25. The Morgan fingerprint density at radius 1 is 1.00 bits per heavy atom. The number of carbonyl (C=O) groups is 1. The molecule has 144 valence electrons. The Bertz CT molecular complexity index is 1020. The first-order chi connectivity index (χ1) is 13.4. The summed E-state index contributed by atoms with van der Waals surface area (Å²) in [7, 11) is -3.86. The molecular weight excluding hydrogens is 374 g/mol. The zero-order valence-electron chi connectivity index (χ0n) is 15.4. The van der Waals surface area contributed by atoms with Crippen LogP contribution in [0.4, 0.5) is 5.69 Å². The van der Waals surface area contributed by atoms with Gasteiger partial charge in [0, 0.05) is 6.20 Å². The number of nitrogens with zero attached hydrogens (tertiary/aromatic N) is 1. The number of anilines is 1. The van der Waals surface area contributed by atoms with Gasteiger partial charge >= 0.3 is 0 Å². The van der Waals surface area contributed by atoms with E-state index >= 15 is 0 Å². The van der Waals surface area contributed by atoms with Gasteiger partial charge in [0.1, 0.15) is 6.04 Å². The summed E-state index contributed by atoms with van der Waals surface area (Å²) in [5.41, 5.74) is 2.30. The molecule has 7 heteroatoms. The quantitative estimate of drug-likeness (QED) is 0.644. The highest BCUT2D eigenvalue weighted by atomic mass is 32.2. The fourth-order valence-corrected chi connectivity index (χ4v) is 3.87. The zero-order valence-corrected chi connectivity index (χ0v) is 16.2. The lowest BCUT2D eigenvalue weighted by Gasteiger charge is -2.19. The van der Waals surface area contributed by atoms with Gasteiger partial charge in [-0.25, -0.2) is 8.42 Å². The van der Waals surface area contributed by atoms with Gasteiger partial charge in [0.2, 0.25) is 15.9 Å². The summed E-state index contributed by atoms with van der Waals surface area (Å²) < 4.78 is 28.1. The molecule has 3 rings (SSSR count). The van der Waals surface area contributed by atoms with Crippen LogP contribution in [0, 0.1) is 6.92 Å². The van der Waals surface area contributed by atoms with Gasteiger partial charge in [-0.1, -0.05) is 48.0 Å². The Hall–Kier alpha value is -3.03. The maximum atomic E-state index is 12.8. The number of sulfonamides is 1. The third-order valence-corrected chi connectivity index (χ3v) is 5.64. The highest BCUT2D eigenvalue weighted by Crippen LogP contribution is 2.14. The van der Waals surface area contributed by atoms with Gasteiger partial charge in [-0.2, -0.15) is 4.72 Å². The fraction of sp³-hybridized carbons (Fsp3) is 0.143. The SMILES string of the molecule is Cc1ccc(S(=O)(=O)NC(Cc2ccccc2)C(=O)Nc2cccnc2)cc1. The van der Waals surface area contributed by atoms with Crippen LogP contribution in [0.2, 0.25) is 0 Å². The average molecular weight is 395 g/mol. The molecule has 2 aromatic carbocycles. The number of hydrogen-bond donors (Lipinski definition) is 2. The first-order valence-corrected chi connectivity index (χ1v) is 10.3. The minimum absolute atomic E-state index is 0.116. The van der Waals surface area contributed by atoms with Crippen LogP contribution in [0.1, 0.15) is 11.1 Å². The molecule has 0 aliphatic rings. The van der Waals surface area contributed by atoms with Gasteiger partial charge in [-0.3, -0.25) is 9.78 Å². The molecule has 3 aromatic rings. The molecule has 0 saturated heterocycles. The number of benzene rings is 2. The van der Waals surface area contributed by atoms with E-state index in [1.54, 1.807) is 30.5 Å². The highest BCUT2D eigenvalue weighted by molar-refractivity contribution is 7.89. The molecule has 1 aromatic heterocycles. The van der Waals surface area contributed by atoms with Crippen molar-refractivity contribution in [2.45, 2.75) is 24.3 Å². The van der Waals surface area contributed by atoms with Crippen LogP contribution in [0.15, 0.2) is 84.0 Å². The number of carbonyl (C=O) groups excluding carboxylic acids is 1. The molecular formula is C21H21N3O3S. The molecule has 1 heterocycles. The van der Waals surface area contributed by atoms with E-state index in [0.717, 1.165) is 11.1 Å². The topological polar surface area (TPSA) is 88.2 Å². The number of amides is 1. The van der Waals surface area contributed by atoms with E-state index < -0.39 is 22.0 Å². The van der Waals surface area contributed by atoms with Crippen molar-refractivity contribution in [2.24, 2.45) is 0 Å². The number of hydrogen-bond acceptors (Lipinski definition) is 4. The second-order valence-corrected chi connectivity index (χ2v) is 8.12. The summed E-state index contributed by atoms with van der Waals surface area (Å²) in [6.45, 7) is 1.88. The molecule has 28 heavy (non-hydrogen) atoms. The van der Waals surface area contributed by atoms with Crippen LogP contribution in [0.5, 0.6) is 0 Å². The van der Waals surface area contributed by atoms with Gasteiger partial charge in [0.05, 0.1) is 16.8 Å². The largest absolute Gasteiger partial charge is 0.323 e. The predicted octanol–water partition coefficient (Wildman–Crippen LogP) is 2.92. The van der Waals surface area contributed by atoms with Crippen LogP contribution < -0.4 is 10.0 Å². The summed E-state index contributed by atoms with van der Waals surface area (Å²) in [5.74, 6) is -0.451. The Balaban J connectivity index is 1.84. The number of aryl methyl sites for hydroxylation is 1. The molecule has 0 fully saturated rings. The lowest BCUT2D eigenvalue weighted by molar-refractivity contribution is -0.117. The maximum absolute atomic E-state index is 12.8. The van der Waals surface area contributed by atoms with E-state index in [1.807, 2.05) is 37.3 Å². The zero-order chi connectivity index (χ0) is 20.0. The van der Waals surface area contributed by atoms with Crippen molar-refractivity contribution < 1.29 is 13.2 Å². The van der Waals surface area contributed by atoms with Crippen molar-refractivity contribution in [1.82, 2.24) is 9.71 Å². The first-order valence-electron chi connectivity index (χ1n) is 8.78. The van der Waals surface area contributed by atoms with Crippen molar-refractivity contribution in [3.05, 3.63) is 90.3 Å². The predicted molar refractivity (Wildman–Crippen MR) is 108 cm³/mol. The monoisotopic (exact) mass is 395 g/mol. The van der Waals surface area contributed by atoms with Crippen LogP contribution >= 0.6 is 0 Å². The fourth-order valence-electron chi connectivity index (χ4n) is 2.68. The minimum Gasteiger partial charge on any atom is -0.323 e. The van der Waals surface area contributed by atoms with Gasteiger partial charge in [-0.05, 0) is 43.2 Å². The van der Waals surface area contributed by atoms with Gasteiger partial charge in [0.25, 0.3) is 0 Å².